The summed E-state index contributed by atoms with van der Waals surface area (Å²) in [5, 5.41) is 20.6. The number of rotatable bonds is 8. The summed E-state index contributed by atoms with van der Waals surface area (Å²) in [6.45, 7) is 11.6. The highest BCUT2D eigenvalue weighted by atomic mass is 32.2. The summed E-state index contributed by atoms with van der Waals surface area (Å²) in [5.41, 5.74) is 1.11. The summed E-state index contributed by atoms with van der Waals surface area (Å²) in [7, 11) is -3.71. The van der Waals surface area contributed by atoms with Crippen LogP contribution in [-0.2, 0) is 31.5 Å². The van der Waals surface area contributed by atoms with Crippen molar-refractivity contribution in [2.24, 2.45) is 5.92 Å². The number of phenolic OH excluding ortho intramolecular Hbond substituents is 1. The van der Waals surface area contributed by atoms with Crippen molar-refractivity contribution in [3.63, 3.8) is 0 Å². The van der Waals surface area contributed by atoms with Crippen LogP contribution in [-0.4, -0.2) is 36.5 Å². The first-order chi connectivity index (χ1) is 17.0. The fourth-order valence-corrected chi connectivity index (χ4v) is 6.06. The predicted molar refractivity (Wildman–Crippen MR) is 146 cm³/mol. The first-order valence-electron chi connectivity index (χ1n) is 12.2. The number of cyclic esters (lactones) is 1. The molecule has 1 unspecified atom stereocenters. The number of esters is 1. The molecule has 0 aliphatic carbocycles. The van der Waals surface area contributed by atoms with Crippen LogP contribution in [0.2, 0.25) is 0 Å². The van der Waals surface area contributed by atoms with Gasteiger partial charge in [0, 0.05) is 11.3 Å². The van der Waals surface area contributed by atoms with E-state index in [1.807, 2.05) is 46.8 Å². The van der Waals surface area contributed by atoms with Crippen LogP contribution in [0.5, 0.6) is 11.5 Å². The van der Waals surface area contributed by atoms with E-state index in [1.165, 1.54) is 0 Å². The van der Waals surface area contributed by atoms with Gasteiger partial charge in [0.25, 0.3) is 0 Å². The Morgan fingerprint density at radius 3 is 2.27 bits per heavy atom. The van der Waals surface area contributed by atoms with E-state index in [2.05, 4.69) is 0 Å². The van der Waals surface area contributed by atoms with Gasteiger partial charge in [-0.25, -0.2) is 4.79 Å². The second-order valence-corrected chi connectivity index (χ2v) is 13.6. The Kier molecular flexibility index (Phi) is 8.29. The van der Waals surface area contributed by atoms with Crippen LogP contribution in [0.1, 0.15) is 64.2 Å². The molecule has 1 aliphatic rings. The molecule has 0 amide bonds. The van der Waals surface area contributed by atoms with Crippen LogP contribution in [0, 0.1) is 12.8 Å². The summed E-state index contributed by atoms with van der Waals surface area (Å²) < 4.78 is 34.7. The van der Waals surface area contributed by atoms with Gasteiger partial charge in [-0.05, 0) is 72.1 Å². The smallest absolute Gasteiger partial charge is 0.349 e. The molecular weight excluding hydrogens is 512 g/mol. The Labute approximate surface area is 224 Å². The molecular formula is C28H36O7S2. The van der Waals surface area contributed by atoms with Crippen molar-refractivity contribution in [1.29, 1.82) is 0 Å². The Morgan fingerprint density at radius 2 is 1.76 bits per heavy atom. The fraction of sp³-hybridized carbons (Fsp3) is 0.464. The molecule has 1 aliphatic heterocycles. The Bertz CT molecular complexity index is 1300. The number of aliphatic hydroxyl groups is 1. The van der Waals surface area contributed by atoms with Crippen molar-refractivity contribution in [2.75, 3.05) is 6.26 Å². The summed E-state index contributed by atoms with van der Waals surface area (Å²) in [6.07, 6.45) is 2.33. The van der Waals surface area contributed by atoms with E-state index in [1.54, 1.807) is 31.2 Å². The van der Waals surface area contributed by atoms with Crippen molar-refractivity contribution in [2.45, 2.75) is 76.7 Å². The number of hydrogen-bond donors (Lipinski definition) is 2. The number of hydrogen-bond acceptors (Lipinski definition) is 8. The van der Waals surface area contributed by atoms with Crippen LogP contribution < -0.4 is 4.18 Å². The van der Waals surface area contributed by atoms with E-state index in [4.69, 9.17) is 8.92 Å². The van der Waals surface area contributed by atoms with Gasteiger partial charge in [0.15, 0.2) is 0 Å². The molecule has 37 heavy (non-hydrogen) atoms. The number of thioether (sulfide) groups is 1. The lowest BCUT2D eigenvalue weighted by Gasteiger charge is -2.40. The maximum atomic E-state index is 13.3. The molecule has 0 aromatic heterocycles. The molecule has 7 nitrogen and oxygen atoms in total. The maximum Gasteiger partial charge on any atom is 0.349 e. The van der Waals surface area contributed by atoms with Gasteiger partial charge >= 0.3 is 16.1 Å². The van der Waals surface area contributed by atoms with Gasteiger partial charge in [-0.15, -0.1) is 0 Å². The standard InChI is InChI=1S/C28H36O7S2/c1-17(2)28(13-12-19-8-10-20(29)11-9-19)16-22(30)25(26(31)34-28)36-24-14-18(3)23(35-37(7,32)33)15-21(24)27(4,5)6/h8-11,14-15,17,29-30H,12-13,16H2,1-7H3. The van der Waals surface area contributed by atoms with Crippen LogP contribution >= 0.6 is 11.8 Å². The maximum absolute atomic E-state index is 13.3. The first kappa shape index (κ1) is 28.9. The number of aliphatic hydroxyl groups excluding tert-OH is 1. The van der Waals surface area contributed by atoms with E-state index in [-0.39, 0.29) is 34.5 Å². The van der Waals surface area contributed by atoms with Gasteiger partial charge in [-0.3, -0.25) is 0 Å². The van der Waals surface area contributed by atoms with E-state index in [9.17, 15) is 23.4 Å². The van der Waals surface area contributed by atoms with Crippen molar-refractivity contribution < 1.29 is 32.3 Å². The zero-order valence-corrected chi connectivity index (χ0v) is 24.0. The zero-order chi connectivity index (χ0) is 27.8. The van der Waals surface area contributed by atoms with Crippen LogP contribution in [0.15, 0.2) is 52.0 Å². The third kappa shape index (κ3) is 7.02. The van der Waals surface area contributed by atoms with Crippen molar-refractivity contribution in [3.8, 4) is 11.5 Å². The zero-order valence-electron chi connectivity index (χ0n) is 22.4. The molecule has 0 saturated carbocycles. The van der Waals surface area contributed by atoms with E-state index in [0.717, 1.165) is 29.1 Å². The van der Waals surface area contributed by atoms with Crippen molar-refractivity contribution >= 4 is 27.8 Å². The predicted octanol–water partition coefficient (Wildman–Crippen LogP) is 6.17. The average molecular weight is 549 g/mol. The van der Waals surface area contributed by atoms with E-state index in [0.29, 0.717) is 23.3 Å². The second-order valence-electron chi connectivity index (χ2n) is 11.0. The minimum Gasteiger partial charge on any atom is -0.511 e. The monoisotopic (exact) mass is 548 g/mol. The van der Waals surface area contributed by atoms with Gasteiger partial charge in [0.2, 0.25) is 0 Å². The minimum atomic E-state index is -3.71. The number of phenols is 1. The number of carbonyl (C=O) groups is 1. The Hall–Kier alpha value is -2.65. The summed E-state index contributed by atoms with van der Waals surface area (Å²) >= 11 is 1.13. The van der Waals surface area contributed by atoms with Gasteiger partial charge in [0.05, 0.1) is 6.26 Å². The van der Waals surface area contributed by atoms with E-state index < -0.39 is 27.1 Å². The largest absolute Gasteiger partial charge is 0.511 e. The van der Waals surface area contributed by atoms with Gasteiger partial charge < -0.3 is 19.1 Å². The second kappa shape index (κ2) is 10.6. The Balaban J connectivity index is 1.94. The quantitative estimate of drug-likeness (QED) is 0.298. The van der Waals surface area contributed by atoms with Crippen molar-refractivity contribution in [3.05, 3.63) is 63.8 Å². The molecule has 2 N–H and O–H groups in total. The molecule has 0 radical (unpaired) electrons. The number of aryl methyl sites for hydroxylation is 2. The lowest BCUT2D eigenvalue weighted by atomic mass is 9.80. The molecule has 3 rings (SSSR count). The molecule has 0 saturated heterocycles. The third-order valence-corrected chi connectivity index (χ3v) is 8.22. The lowest BCUT2D eigenvalue weighted by Crippen LogP contribution is -2.44. The number of aromatic hydroxyl groups is 1. The summed E-state index contributed by atoms with van der Waals surface area (Å²) in [5.74, 6) is -0.220. The number of carbonyl (C=O) groups excluding carboxylic acids is 1. The number of ether oxygens (including phenoxy) is 1. The van der Waals surface area contributed by atoms with E-state index >= 15 is 0 Å². The minimum absolute atomic E-state index is 0.0189. The molecule has 9 heteroatoms. The molecule has 1 atom stereocenters. The lowest BCUT2D eigenvalue weighted by molar-refractivity contribution is -0.164. The SMILES string of the molecule is Cc1cc(SC2=C(O)CC(CCc3ccc(O)cc3)(C(C)C)OC2=O)c(C(C)(C)C)cc1OS(C)(=O)=O. The number of benzene rings is 2. The van der Waals surface area contributed by atoms with Gasteiger partial charge in [0.1, 0.15) is 27.8 Å². The highest BCUT2D eigenvalue weighted by Crippen LogP contribution is 2.46. The third-order valence-electron chi connectivity index (χ3n) is 6.57. The van der Waals surface area contributed by atoms with Crippen LogP contribution in [0.3, 0.4) is 0 Å². The summed E-state index contributed by atoms with van der Waals surface area (Å²) in [6, 6.07) is 10.4. The molecule has 202 valence electrons. The summed E-state index contributed by atoms with van der Waals surface area (Å²) in [4.78, 5) is 14.1. The Morgan fingerprint density at radius 1 is 1.14 bits per heavy atom. The van der Waals surface area contributed by atoms with Crippen LogP contribution in [0.4, 0.5) is 0 Å². The molecule has 0 spiro atoms. The normalized spacial score (nSPS) is 18.8. The topological polar surface area (TPSA) is 110 Å². The van der Waals surface area contributed by atoms with Crippen LogP contribution in [0.25, 0.3) is 0 Å². The highest BCUT2D eigenvalue weighted by molar-refractivity contribution is 8.04. The van der Waals surface area contributed by atoms with Gasteiger partial charge in [-0.2, -0.15) is 8.42 Å². The van der Waals surface area contributed by atoms with Gasteiger partial charge in [-0.1, -0.05) is 58.5 Å². The molecule has 0 fully saturated rings. The molecule has 2 aromatic carbocycles. The molecule has 0 bridgehead atoms. The molecule has 2 aromatic rings. The van der Waals surface area contributed by atoms with Crippen molar-refractivity contribution in [1.82, 2.24) is 0 Å². The average Bonchev–Trinajstić information content (AvgIpc) is 2.75. The molecule has 1 heterocycles. The highest BCUT2D eigenvalue weighted by Gasteiger charge is 2.44. The first-order valence-corrected chi connectivity index (χ1v) is 14.8. The fourth-order valence-electron chi connectivity index (χ4n) is 4.31.